The van der Waals surface area contributed by atoms with Gasteiger partial charge in [-0.05, 0) is 33.0 Å². The maximum absolute atomic E-state index is 5.24. The van der Waals surface area contributed by atoms with E-state index in [1.54, 1.807) is 0 Å². The molecule has 6 aromatic carbocycles. The summed E-state index contributed by atoms with van der Waals surface area (Å²) in [4.78, 5) is 10.4. The van der Waals surface area contributed by atoms with Gasteiger partial charge < -0.3 is 0 Å². The lowest BCUT2D eigenvalue weighted by molar-refractivity contribution is 1.34. The second kappa shape index (κ2) is 8.22. The van der Waals surface area contributed by atoms with Gasteiger partial charge in [-0.15, -0.1) is 0 Å². The van der Waals surface area contributed by atoms with Crippen LogP contribution in [0.15, 0.2) is 134 Å². The summed E-state index contributed by atoms with van der Waals surface area (Å²) >= 11 is 0. The third-order valence-electron chi connectivity index (χ3n) is 7.68. The van der Waals surface area contributed by atoms with Gasteiger partial charge in [0.25, 0.3) is 0 Å². The highest BCUT2D eigenvalue weighted by molar-refractivity contribution is 6.23. The molecule has 0 saturated carbocycles. The number of fused-ring (bicyclic) bond motifs is 7. The molecule has 0 amide bonds. The Morgan fingerprint density at radius 1 is 0.368 bits per heavy atom. The van der Waals surface area contributed by atoms with E-state index in [0.717, 1.165) is 44.2 Å². The van der Waals surface area contributed by atoms with Gasteiger partial charge in [0.2, 0.25) is 0 Å². The first-order valence-corrected chi connectivity index (χ1v) is 12.9. The van der Waals surface area contributed by atoms with Gasteiger partial charge in [0.05, 0.1) is 16.9 Å². The van der Waals surface area contributed by atoms with E-state index in [1.807, 2.05) is 6.20 Å². The smallest absolute Gasteiger partial charge is 0.0810 e. The summed E-state index contributed by atoms with van der Waals surface area (Å²) in [6, 6.07) is 45.0. The Kier molecular flexibility index (Phi) is 4.55. The number of nitrogens with zero attached hydrogens (tertiary/aromatic N) is 2. The van der Waals surface area contributed by atoms with Crippen LogP contribution in [0.1, 0.15) is 0 Å². The minimum absolute atomic E-state index is 0.970. The highest BCUT2D eigenvalue weighted by atomic mass is 14.7. The average molecular weight is 483 g/mol. The maximum atomic E-state index is 5.24. The van der Waals surface area contributed by atoms with Crippen molar-refractivity contribution in [3.8, 4) is 22.5 Å². The molecule has 2 nitrogen and oxygen atoms in total. The van der Waals surface area contributed by atoms with Gasteiger partial charge in [-0.2, -0.15) is 0 Å². The third kappa shape index (κ3) is 3.07. The molecule has 0 radical (unpaired) electrons. The Balaban J connectivity index is 1.48. The van der Waals surface area contributed by atoms with Crippen molar-refractivity contribution < 1.29 is 0 Å². The number of pyridine rings is 2. The minimum Gasteiger partial charge on any atom is -0.255 e. The van der Waals surface area contributed by atoms with Gasteiger partial charge in [-0.3, -0.25) is 4.98 Å². The van der Waals surface area contributed by atoms with E-state index in [0.29, 0.717) is 0 Å². The number of hydrogen-bond acceptors (Lipinski definition) is 2. The van der Waals surface area contributed by atoms with Crippen molar-refractivity contribution in [3.05, 3.63) is 134 Å². The molecule has 2 aromatic heterocycles. The highest BCUT2D eigenvalue weighted by Gasteiger charge is 2.17. The van der Waals surface area contributed by atoms with Crippen LogP contribution in [0, 0.1) is 0 Å². The molecule has 0 saturated heterocycles. The van der Waals surface area contributed by atoms with E-state index in [9.17, 15) is 0 Å². The summed E-state index contributed by atoms with van der Waals surface area (Å²) < 4.78 is 0. The molecule has 0 spiro atoms. The van der Waals surface area contributed by atoms with Gasteiger partial charge >= 0.3 is 0 Å². The van der Waals surface area contributed by atoms with Crippen molar-refractivity contribution >= 4 is 54.0 Å². The number of para-hydroxylation sites is 1. The van der Waals surface area contributed by atoms with Crippen molar-refractivity contribution in [2.45, 2.75) is 0 Å². The lowest BCUT2D eigenvalue weighted by Gasteiger charge is -2.16. The molecule has 0 aliphatic carbocycles. The van der Waals surface area contributed by atoms with Gasteiger partial charge in [-0.25, -0.2) is 4.98 Å². The zero-order chi connectivity index (χ0) is 25.1. The SMILES string of the molecule is c1ccc2c(-c3ncc(-c4nc5ccccc5c5c4ccc4ccccc45)c4ccccc34)cccc2c1. The zero-order valence-corrected chi connectivity index (χ0v) is 20.6. The first kappa shape index (κ1) is 21.0. The summed E-state index contributed by atoms with van der Waals surface area (Å²) in [6.45, 7) is 0. The van der Waals surface area contributed by atoms with Crippen LogP contribution < -0.4 is 0 Å². The van der Waals surface area contributed by atoms with Crippen LogP contribution in [-0.4, -0.2) is 9.97 Å². The Morgan fingerprint density at radius 3 is 1.84 bits per heavy atom. The second-order valence-electron chi connectivity index (χ2n) is 9.78. The molecule has 2 heteroatoms. The highest BCUT2D eigenvalue weighted by Crippen LogP contribution is 2.41. The molecule has 0 N–H and O–H groups in total. The molecular formula is C36H22N2. The Bertz CT molecular complexity index is 2170. The van der Waals surface area contributed by atoms with Gasteiger partial charge in [0, 0.05) is 38.9 Å². The number of hydrogen-bond donors (Lipinski definition) is 0. The molecule has 0 atom stereocenters. The van der Waals surface area contributed by atoms with Gasteiger partial charge in [-0.1, -0.05) is 121 Å². The standard InChI is InChI=1S/C36H22N2/c1-3-13-25-23(10-1)12-9-18-28(25)35-29-16-6-5-15-27(29)32(22-37-35)36-31-21-20-24-11-2-4-14-26(24)34(31)30-17-7-8-19-33(30)38-36/h1-22H. The number of aromatic nitrogens is 2. The van der Waals surface area contributed by atoms with Crippen LogP contribution in [0.2, 0.25) is 0 Å². The van der Waals surface area contributed by atoms with Crippen LogP contribution in [-0.2, 0) is 0 Å². The number of rotatable bonds is 2. The van der Waals surface area contributed by atoms with E-state index in [2.05, 4.69) is 127 Å². The largest absolute Gasteiger partial charge is 0.255 e. The summed E-state index contributed by atoms with van der Waals surface area (Å²) in [5.74, 6) is 0. The average Bonchev–Trinajstić information content (AvgIpc) is 2.99. The lowest BCUT2D eigenvalue weighted by atomic mass is 9.92. The zero-order valence-electron chi connectivity index (χ0n) is 20.6. The predicted molar refractivity (Wildman–Crippen MR) is 160 cm³/mol. The monoisotopic (exact) mass is 482 g/mol. The van der Waals surface area contributed by atoms with Crippen molar-refractivity contribution in [2.75, 3.05) is 0 Å². The molecule has 176 valence electrons. The van der Waals surface area contributed by atoms with Crippen molar-refractivity contribution in [2.24, 2.45) is 0 Å². The molecule has 8 rings (SSSR count). The molecule has 38 heavy (non-hydrogen) atoms. The van der Waals surface area contributed by atoms with E-state index in [-0.39, 0.29) is 0 Å². The second-order valence-corrected chi connectivity index (χ2v) is 9.78. The van der Waals surface area contributed by atoms with E-state index in [1.165, 1.54) is 32.3 Å². The fraction of sp³-hybridized carbons (Fsp3) is 0. The molecule has 0 bridgehead atoms. The minimum atomic E-state index is 0.970. The molecule has 2 heterocycles. The van der Waals surface area contributed by atoms with Crippen LogP contribution >= 0.6 is 0 Å². The summed E-state index contributed by atoms with van der Waals surface area (Å²) in [7, 11) is 0. The van der Waals surface area contributed by atoms with E-state index >= 15 is 0 Å². The topological polar surface area (TPSA) is 25.8 Å². The molecule has 0 aliphatic heterocycles. The summed E-state index contributed by atoms with van der Waals surface area (Å²) in [5, 5.41) is 10.8. The molecule has 8 aromatic rings. The Labute approximate surface area is 219 Å². The summed E-state index contributed by atoms with van der Waals surface area (Å²) in [6.07, 6.45) is 2.02. The van der Waals surface area contributed by atoms with Crippen LogP contribution in [0.25, 0.3) is 76.5 Å². The number of benzene rings is 6. The molecule has 0 unspecified atom stereocenters. The van der Waals surface area contributed by atoms with Gasteiger partial charge in [0.1, 0.15) is 0 Å². The van der Waals surface area contributed by atoms with Crippen molar-refractivity contribution in [1.29, 1.82) is 0 Å². The van der Waals surface area contributed by atoms with Crippen LogP contribution in [0.4, 0.5) is 0 Å². The Morgan fingerprint density at radius 2 is 1.00 bits per heavy atom. The summed E-state index contributed by atoms with van der Waals surface area (Å²) in [5.41, 5.74) is 5.16. The van der Waals surface area contributed by atoms with Crippen LogP contribution in [0.3, 0.4) is 0 Å². The fourth-order valence-electron chi connectivity index (χ4n) is 5.96. The van der Waals surface area contributed by atoms with Crippen LogP contribution in [0.5, 0.6) is 0 Å². The molecule has 0 fully saturated rings. The lowest BCUT2D eigenvalue weighted by Crippen LogP contribution is -1.95. The first-order valence-electron chi connectivity index (χ1n) is 12.9. The normalized spacial score (nSPS) is 11.7. The quantitative estimate of drug-likeness (QED) is 0.229. The Hall–Kier alpha value is -5.08. The molecular weight excluding hydrogens is 460 g/mol. The third-order valence-corrected chi connectivity index (χ3v) is 7.68. The van der Waals surface area contributed by atoms with E-state index < -0.39 is 0 Å². The van der Waals surface area contributed by atoms with E-state index in [4.69, 9.17) is 9.97 Å². The first-order chi connectivity index (χ1) is 18.9. The molecule has 0 aliphatic rings. The predicted octanol–water partition coefficient (Wildman–Crippen LogP) is 9.58. The maximum Gasteiger partial charge on any atom is 0.0810 e. The van der Waals surface area contributed by atoms with Crippen molar-refractivity contribution in [1.82, 2.24) is 9.97 Å². The van der Waals surface area contributed by atoms with Crippen molar-refractivity contribution in [3.63, 3.8) is 0 Å². The van der Waals surface area contributed by atoms with Gasteiger partial charge in [0.15, 0.2) is 0 Å². The fourth-order valence-corrected chi connectivity index (χ4v) is 5.96.